The highest BCUT2D eigenvalue weighted by molar-refractivity contribution is 7.18. The van der Waals surface area contributed by atoms with Crippen LogP contribution in [-0.2, 0) is 4.79 Å². The van der Waals surface area contributed by atoms with Crippen molar-refractivity contribution < 1.29 is 14.3 Å². The number of methoxy groups -OCH3 is 1. The van der Waals surface area contributed by atoms with Crippen molar-refractivity contribution in [3.05, 3.63) is 52.0 Å². The van der Waals surface area contributed by atoms with Crippen LogP contribution in [0.25, 0.3) is 10.2 Å². The van der Waals surface area contributed by atoms with Gasteiger partial charge in [-0.05, 0) is 49.6 Å². The predicted molar refractivity (Wildman–Crippen MR) is 126 cm³/mol. The zero-order valence-electron chi connectivity index (χ0n) is 17.8. The maximum absolute atomic E-state index is 12.6. The van der Waals surface area contributed by atoms with Crippen LogP contribution in [0.4, 0.5) is 0 Å². The molecule has 2 aromatic carbocycles. The van der Waals surface area contributed by atoms with Crippen LogP contribution in [-0.4, -0.2) is 42.6 Å². The lowest BCUT2D eigenvalue weighted by Crippen LogP contribution is -2.37. The molecule has 0 spiro atoms. The average Bonchev–Trinajstić information content (AvgIpc) is 3.25. The molecule has 8 heteroatoms. The summed E-state index contributed by atoms with van der Waals surface area (Å²) in [5.41, 5.74) is 1.47. The van der Waals surface area contributed by atoms with Crippen LogP contribution in [0, 0.1) is 11.3 Å². The first kappa shape index (κ1) is 22.4. The zero-order chi connectivity index (χ0) is 22.5. The van der Waals surface area contributed by atoms with Crippen molar-refractivity contribution in [3.63, 3.8) is 0 Å². The fourth-order valence-corrected chi connectivity index (χ4v) is 5.17. The summed E-state index contributed by atoms with van der Waals surface area (Å²) in [5.74, 6) is 1.66. The SMILES string of the molecule is COc1cc(C#N)ccc1OCCCC(=O)N1CCC(c2nc3cc(Cl)ccc3s2)CC1. The van der Waals surface area contributed by atoms with Crippen LogP contribution >= 0.6 is 22.9 Å². The summed E-state index contributed by atoms with van der Waals surface area (Å²) >= 11 is 7.80. The van der Waals surface area contributed by atoms with E-state index in [1.807, 2.05) is 23.1 Å². The number of amides is 1. The minimum atomic E-state index is 0.162. The Morgan fingerprint density at radius 2 is 2.06 bits per heavy atom. The summed E-state index contributed by atoms with van der Waals surface area (Å²) in [7, 11) is 1.54. The highest BCUT2D eigenvalue weighted by Crippen LogP contribution is 2.35. The molecule has 1 saturated heterocycles. The summed E-state index contributed by atoms with van der Waals surface area (Å²) in [4.78, 5) is 19.3. The molecule has 6 nitrogen and oxygen atoms in total. The van der Waals surface area contributed by atoms with E-state index in [1.54, 1.807) is 36.6 Å². The van der Waals surface area contributed by atoms with E-state index < -0.39 is 0 Å². The van der Waals surface area contributed by atoms with Crippen molar-refractivity contribution in [1.29, 1.82) is 5.26 Å². The van der Waals surface area contributed by atoms with Crippen molar-refractivity contribution in [2.45, 2.75) is 31.6 Å². The Balaban J connectivity index is 1.23. The molecule has 1 aliphatic rings. The smallest absolute Gasteiger partial charge is 0.222 e. The number of carbonyl (C=O) groups excluding carboxylic acids is 1. The van der Waals surface area contributed by atoms with Crippen molar-refractivity contribution in [2.24, 2.45) is 0 Å². The largest absolute Gasteiger partial charge is 0.493 e. The van der Waals surface area contributed by atoms with E-state index in [9.17, 15) is 4.79 Å². The van der Waals surface area contributed by atoms with E-state index in [1.165, 1.54) is 0 Å². The van der Waals surface area contributed by atoms with E-state index in [4.69, 9.17) is 31.3 Å². The Hall–Kier alpha value is -2.82. The van der Waals surface area contributed by atoms with Gasteiger partial charge in [-0.25, -0.2) is 4.98 Å². The van der Waals surface area contributed by atoms with Crippen LogP contribution in [0.3, 0.4) is 0 Å². The number of halogens is 1. The number of ether oxygens (including phenoxy) is 2. The van der Waals surface area contributed by atoms with Gasteiger partial charge >= 0.3 is 0 Å². The summed E-state index contributed by atoms with van der Waals surface area (Å²) in [6.07, 6.45) is 2.93. The van der Waals surface area contributed by atoms with Gasteiger partial charge in [-0.3, -0.25) is 4.79 Å². The molecular weight excluding hydrogens is 446 g/mol. The number of nitriles is 1. The van der Waals surface area contributed by atoms with Crippen molar-refractivity contribution in [2.75, 3.05) is 26.8 Å². The van der Waals surface area contributed by atoms with Gasteiger partial charge in [-0.1, -0.05) is 11.6 Å². The normalized spacial score (nSPS) is 14.3. The number of hydrogen-bond acceptors (Lipinski definition) is 6. The lowest BCUT2D eigenvalue weighted by molar-refractivity contribution is -0.132. The molecule has 166 valence electrons. The Morgan fingerprint density at radius 3 is 2.81 bits per heavy atom. The fraction of sp³-hybridized carbons (Fsp3) is 0.375. The molecule has 1 fully saturated rings. The second-order valence-electron chi connectivity index (χ2n) is 7.75. The number of piperidine rings is 1. The van der Waals surface area contributed by atoms with Gasteiger partial charge in [0, 0.05) is 36.5 Å². The highest BCUT2D eigenvalue weighted by atomic mass is 35.5. The molecule has 4 rings (SSSR count). The summed E-state index contributed by atoms with van der Waals surface area (Å²) in [6.45, 7) is 1.92. The van der Waals surface area contributed by atoms with Crippen molar-refractivity contribution in [1.82, 2.24) is 9.88 Å². The third-order valence-electron chi connectivity index (χ3n) is 5.65. The molecule has 1 amide bonds. The highest BCUT2D eigenvalue weighted by Gasteiger charge is 2.25. The summed E-state index contributed by atoms with van der Waals surface area (Å²) in [6, 6.07) is 13.0. The molecule has 1 aromatic heterocycles. The Kier molecular flexibility index (Phi) is 7.13. The van der Waals surface area contributed by atoms with E-state index in [0.717, 1.165) is 41.2 Å². The summed E-state index contributed by atoms with van der Waals surface area (Å²) in [5, 5.41) is 10.8. The van der Waals surface area contributed by atoms with Gasteiger partial charge in [0.2, 0.25) is 5.91 Å². The fourth-order valence-electron chi connectivity index (χ4n) is 3.89. The molecule has 0 atom stereocenters. The van der Waals surface area contributed by atoms with Gasteiger partial charge < -0.3 is 14.4 Å². The lowest BCUT2D eigenvalue weighted by atomic mass is 9.97. The number of fused-ring (bicyclic) bond motifs is 1. The molecule has 1 aliphatic heterocycles. The van der Waals surface area contributed by atoms with Gasteiger partial charge in [0.1, 0.15) is 0 Å². The van der Waals surface area contributed by atoms with Crippen LogP contribution in [0.5, 0.6) is 11.5 Å². The van der Waals surface area contributed by atoms with Gasteiger partial charge in [-0.15, -0.1) is 11.3 Å². The Labute approximate surface area is 196 Å². The number of likely N-dealkylation sites (tertiary alicyclic amines) is 1. The predicted octanol–water partition coefficient (Wildman–Crippen LogP) is 5.40. The van der Waals surface area contributed by atoms with Crippen molar-refractivity contribution >= 4 is 39.1 Å². The van der Waals surface area contributed by atoms with Gasteiger partial charge in [0.15, 0.2) is 11.5 Å². The number of aromatic nitrogens is 1. The molecule has 0 saturated carbocycles. The van der Waals surface area contributed by atoms with E-state index >= 15 is 0 Å². The molecular formula is C24H24ClN3O3S. The number of hydrogen-bond donors (Lipinski definition) is 0. The number of benzene rings is 2. The third-order valence-corrected chi connectivity index (χ3v) is 7.08. The molecule has 32 heavy (non-hydrogen) atoms. The zero-order valence-corrected chi connectivity index (χ0v) is 19.4. The van der Waals surface area contributed by atoms with Gasteiger partial charge in [0.25, 0.3) is 0 Å². The quantitative estimate of drug-likeness (QED) is 0.433. The minimum Gasteiger partial charge on any atom is -0.493 e. The number of carbonyl (C=O) groups is 1. The van der Waals surface area contributed by atoms with Crippen LogP contribution in [0.15, 0.2) is 36.4 Å². The lowest BCUT2D eigenvalue weighted by Gasteiger charge is -2.31. The third kappa shape index (κ3) is 5.14. The average molecular weight is 470 g/mol. The van der Waals surface area contributed by atoms with E-state index in [2.05, 4.69) is 6.07 Å². The topological polar surface area (TPSA) is 75.5 Å². The van der Waals surface area contributed by atoms with E-state index in [0.29, 0.717) is 47.5 Å². The van der Waals surface area contributed by atoms with Crippen LogP contribution in [0.1, 0.15) is 42.2 Å². The minimum absolute atomic E-state index is 0.162. The molecule has 2 heterocycles. The molecule has 3 aromatic rings. The Morgan fingerprint density at radius 1 is 1.25 bits per heavy atom. The number of thiazole rings is 1. The van der Waals surface area contributed by atoms with Gasteiger partial charge in [0.05, 0.1) is 40.6 Å². The maximum atomic E-state index is 12.6. The molecule has 0 radical (unpaired) electrons. The van der Waals surface area contributed by atoms with E-state index in [-0.39, 0.29) is 5.91 Å². The monoisotopic (exact) mass is 469 g/mol. The van der Waals surface area contributed by atoms with Crippen molar-refractivity contribution in [3.8, 4) is 17.6 Å². The Bertz CT molecular complexity index is 1150. The molecule has 0 bridgehead atoms. The first-order valence-electron chi connectivity index (χ1n) is 10.6. The second-order valence-corrected chi connectivity index (χ2v) is 9.25. The van der Waals surface area contributed by atoms with Crippen LogP contribution in [0.2, 0.25) is 5.02 Å². The van der Waals surface area contributed by atoms with Gasteiger partial charge in [-0.2, -0.15) is 5.26 Å². The first-order valence-corrected chi connectivity index (χ1v) is 11.8. The van der Waals surface area contributed by atoms with Crippen LogP contribution < -0.4 is 9.47 Å². The number of nitrogens with zero attached hydrogens (tertiary/aromatic N) is 3. The molecule has 0 unspecified atom stereocenters. The molecule has 0 aliphatic carbocycles. The number of rotatable bonds is 7. The second kappa shape index (κ2) is 10.2. The first-order chi connectivity index (χ1) is 15.6. The summed E-state index contributed by atoms with van der Waals surface area (Å²) < 4.78 is 12.2. The maximum Gasteiger partial charge on any atom is 0.222 e. The molecule has 0 N–H and O–H groups in total. The standard InChI is InChI=1S/C24H24ClN3O3S/c1-30-21-13-16(15-26)4-6-20(21)31-12-2-3-23(29)28-10-8-17(9-11-28)24-27-19-14-18(25)5-7-22(19)32-24/h4-7,13-14,17H,2-3,8-12H2,1H3.